The van der Waals surface area contributed by atoms with Gasteiger partial charge in [-0.05, 0) is 128 Å². The molecule has 0 fully saturated rings. The summed E-state index contributed by atoms with van der Waals surface area (Å²) in [7, 11) is 0. The van der Waals surface area contributed by atoms with Crippen LogP contribution >= 0.6 is 0 Å². The first-order valence-corrected chi connectivity index (χ1v) is 30.2. The molecular weight excluding hydrogens is 913 g/mol. The minimum absolute atomic E-state index is 0.102. The molecular formula is C68H110O6. The topological polar surface area (TPSA) is 78.9 Å². The third-order valence-corrected chi connectivity index (χ3v) is 12.4. The Labute approximate surface area is 455 Å². The molecule has 1 unspecified atom stereocenters. The maximum atomic E-state index is 12.9. The zero-order valence-electron chi connectivity index (χ0n) is 47.8. The number of esters is 3. The predicted octanol–water partition coefficient (Wildman–Crippen LogP) is 20.6. The van der Waals surface area contributed by atoms with Crippen LogP contribution < -0.4 is 0 Å². The van der Waals surface area contributed by atoms with E-state index in [1.807, 2.05) is 0 Å². The van der Waals surface area contributed by atoms with Crippen molar-refractivity contribution in [3.8, 4) is 0 Å². The lowest BCUT2D eigenvalue weighted by Crippen LogP contribution is -2.30. The molecule has 418 valence electrons. The van der Waals surface area contributed by atoms with E-state index in [0.717, 1.165) is 148 Å². The van der Waals surface area contributed by atoms with E-state index in [0.29, 0.717) is 12.8 Å². The molecule has 6 heteroatoms. The zero-order chi connectivity index (χ0) is 53.6. The van der Waals surface area contributed by atoms with Gasteiger partial charge in [-0.1, -0.05) is 244 Å². The molecule has 0 aromatic rings. The maximum absolute atomic E-state index is 12.9. The summed E-state index contributed by atoms with van der Waals surface area (Å²) >= 11 is 0. The molecule has 0 N–H and O–H groups in total. The number of allylic oxidation sites excluding steroid dienone is 22. The quantitative estimate of drug-likeness (QED) is 0.0261. The highest BCUT2D eigenvalue weighted by molar-refractivity contribution is 5.71. The van der Waals surface area contributed by atoms with Gasteiger partial charge in [0.05, 0.1) is 0 Å². The molecule has 0 amide bonds. The molecule has 0 saturated heterocycles. The fourth-order valence-corrected chi connectivity index (χ4v) is 7.89. The minimum Gasteiger partial charge on any atom is -0.462 e. The van der Waals surface area contributed by atoms with Gasteiger partial charge in [0.1, 0.15) is 13.2 Å². The average Bonchev–Trinajstić information content (AvgIpc) is 3.40. The molecule has 0 bridgehead atoms. The summed E-state index contributed by atoms with van der Waals surface area (Å²) in [5, 5.41) is 0. The van der Waals surface area contributed by atoms with E-state index in [1.165, 1.54) is 70.6 Å². The van der Waals surface area contributed by atoms with Gasteiger partial charge >= 0.3 is 17.9 Å². The second-order valence-electron chi connectivity index (χ2n) is 19.5. The van der Waals surface area contributed by atoms with Gasteiger partial charge in [0.15, 0.2) is 6.10 Å². The van der Waals surface area contributed by atoms with E-state index in [4.69, 9.17) is 14.2 Å². The van der Waals surface area contributed by atoms with E-state index < -0.39 is 6.10 Å². The number of rotatable bonds is 53. The highest BCUT2D eigenvalue weighted by atomic mass is 16.6. The summed E-state index contributed by atoms with van der Waals surface area (Å²) in [6.07, 6.45) is 85.9. The number of hydrogen-bond acceptors (Lipinski definition) is 6. The van der Waals surface area contributed by atoms with Gasteiger partial charge in [-0.2, -0.15) is 0 Å². The van der Waals surface area contributed by atoms with Crippen LogP contribution in [0.15, 0.2) is 134 Å². The van der Waals surface area contributed by atoms with E-state index in [-0.39, 0.29) is 37.5 Å². The van der Waals surface area contributed by atoms with Crippen molar-refractivity contribution in [3.05, 3.63) is 134 Å². The third-order valence-electron chi connectivity index (χ3n) is 12.4. The fraction of sp³-hybridized carbons (Fsp3) is 0.632. The number of carbonyl (C=O) groups excluding carboxylic acids is 3. The monoisotopic (exact) mass is 1020 g/mol. The molecule has 0 aromatic heterocycles. The number of ether oxygens (including phenoxy) is 3. The van der Waals surface area contributed by atoms with Gasteiger partial charge in [0.25, 0.3) is 0 Å². The standard InChI is InChI=1S/C68H110O6/c1-4-7-10-13-16-19-22-25-28-30-32-33-34-35-37-38-40-43-46-49-52-55-58-61-67(70)73-64-65(63-72-66(69)60-57-54-51-48-45-42-27-24-21-18-15-12-9-6-3)74-68(71)62-59-56-53-50-47-44-41-39-36-31-29-26-23-20-17-14-11-8-5-2/h7-8,10-11,15-20,24-29,32-33,36,39,44,47,65H,4-6,9,12-14,21-23,30-31,34-35,37-38,40-43,45-46,48-64H2,1-3H3/b10-7-,11-8-,18-15-,19-16-,20-17-,27-24-,28-25-,29-26-,33-32-,39-36-,47-44-. The lowest BCUT2D eigenvalue weighted by atomic mass is 10.1. The third kappa shape index (κ3) is 58.4. The van der Waals surface area contributed by atoms with E-state index in [1.54, 1.807) is 0 Å². The van der Waals surface area contributed by atoms with E-state index in [9.17, 15) is 14.4 Å². The average molecular weight is 1020 g/mol. The largest absolute Gasteiger partial charge is 0.462 e. The van der Waals surface area contributed by atoms with E-state index >= 15 is 0 Å². The summed E-state index contributed by atoms with van der Waals surface area (Å²) in [5.41, 5.74) is 0. The molecule has 1 atom stereocenters. The lowest BCUT2D eigenvalue weighted by Gasteiger charge is -2.18. The summed E-state index contributed by atoms with van der Waals surface area (Å²) < 4.78 is 16.9. The maximum Gasteiger partial charge on any atom is 0.306 e. The summed E-state index contributed by atoms with van der Waals surface area (Å²) in [5.74, 6) is -0.954. The van der Waals surface area contributed by atoms with Crippen LogP contribution in [0.3, 0.4) is 0 Å². The summed E-state index contributed by atoms with van der Waals surface area (Å²) in [6.45, 7) is 6.33. The van der Waals surface area contributed by atoms with Gasteiger partial charge in [-0.3, -0.25) is 14.4 Å². The molecule has 0 aromatic carbocycles. The second kappa shape index (κ2) is 61.1. The first-order valence-electron chi connectivity index (χ1n) is 30.2. The van der Waals surface area contributed by atoms with Crippen LogP contribution in [0.25, 0.3) is 0 Å². The van der Waals surface area contributed by atoms with Crippen molar-refractivity contribution in [2.45, 2.75) is 264 Å². The molecule has 0 aliphatic rings. The Balaban J connectivity index is 4.45. The molecule has 0 rings (SSSR count). The molecule has 6 nitrogen and oxygen atoms in total. The highest BCUT2D eigenvalue weighted by Crippen LogP contribution is 2.14. The fourth-order valence-electron chi connectivity index (χ4n) is 7.89. The number of carbonyl (C=O) groups is 3. The minimum atomic E-state index is -0.809. The molecule has 74 heavy (non-hydrogen) atoms. The molecule has 0 spiro atoms. The highest BCUT2D eigenvalue weighted by Gasteiger charge is 2.19. The Morgan fingerprint density at radius 1 is 0.284 bits per heavy atom. The summed E-state index contributed by atoms with van der Waals surface area (Å²) in [6, 6.07) is 0. The Morgan fingerprint density at radius 3 is 0.838 bits per heavy atom. The molecule has 0 radical (unpaired) electrons. The van der Waals surface area contributed by atoms with Gasteiger partial charge in [-0.25, -0.2) is 0 Å². The zero-order valence-corrected chi connectivity index (χ0v) is 47.8. The Bertz CT molecular complexity index is 1600. The Kier molecular flexibility index (Phi) is 57.4. The molecule has 0 aliphatic carbocycles. The van der Waals surface area contributed by atoms with Crippen molar-refractivity contribution in [2.75, 3.05) is 13.2 Å². The lowest BCUT2D eigenvalue weighted by molar-refractivity contribution is -0.167. The van der Waals surface area contributed by atoms with Crippen LogP contribution in [0.1, 0.15) is 258 Å². The van der Waals surface area contributed by atoms with E-state index in [2.05, 4.69) is 154 Å². The molecule has 0 aliphatic heterocycles. The van der Waals surface area contributed by atoms with Crippen molar-refractivity contribution in [3.63, 3.8) is 0 Å². The van der Waals surface area contributed by atoms with Crippen LogP contribution in [0.4, 0.5) is 0 Å². The van der Waals surface area contributed by atoms with Crippen molar-refractivity contribution in [1.29, 1.82) is 0 Å². The number of unbranched alkanes of at least 4 members (excludes halogenated alkanes) is 20. The van der Waals surface area contributed by atoms with Gasteiger partial charge in [0.2, 0.25) is 0 Å². The Morgan fingerprint density at radius 2 is 0.527 bits per heavy atom. The molecule has 0 heterocycles. The molecule has 0 saturated carbocycles. The predicted molar refractivity (Wildman–Crippen MR) is 320 cm³/mol. The second-order valence-corrected chi connectivity index (χ2v) is 19.5. The van der Waals surface area contributed by atoms with Crippen molar-refractivity contribution < 1.29 is 28.6 Å². The van der Waals surface area contributed by atoms with Gasteiger partial charge < -0.3 is 14.2 Å². The van der Waals surface area contributed by atoms with Gasteiger partial charge in [0, 0.05) is 19.3 Å². The first-order chi connectivity index (χ1) is 36.5. The van der Waals surface area contributed by atoms with Crippen molar-refractivity contribution >= 4 is 17.9 Å². The van der Waals surface area contributed by atoms with Crippen LogP contribution in [0, 0.1) is 0 Å². The van der Waals surface area contributed by atoms with Crippen molar-refractivity contribution in [2.24, 2.45) is 0 Å². The van der Waals surface area contributed by atoms with Gasteiger partial charge in [-0.15, -0.1) is 0 Å². The smallest absolute Gasteiger partial charge is 0.306 e. The Hall–Kier alpha value is -4.45. The van der Waals surface area contributed by atoms with Crippen molar-refractivity contribution in [1.82, 2.24) is 0 Å². The van der Waals surface area contributed by atoms with Crippen LogP contribution in [0.5, 0.6) is 0 Å². The first kappa shape index (κ1) is 69.5. The SMILES string of the molecule is CC/C=C\C/C=C\C/C=C\C/C=C\C/C=C\CCCCCC(=O)OC(COC(=O)CCCCCCC/C=C\C/C=C\CCCC)COC(=O)CCCCCCCCCCCC/C=C\C/C=C\C/C=C\C/C=C\CC. The van der Waals surface area contributed by atoms with Crippen LogP contribution in [0.2, 0.25) is 0 Å². The number of hydrogen-bond donors (Lipinski definition) is 0. The summed E-state index contributed by atoms with van der Waals surface area (Å²) in [4.78, 5) is 38.2. The van der Waals surface area contributed by atoms with Crippen LogP contribution in [-0.4, -0.2) is 37.2 Å². The van der Waals surface area contributed by atoms with Crippen LogP contribution in [-0.2, 0) is 28.6 Å². The normalized spacial score (nSPS) is 13.1.